The first-order chi connectivity index (χ1) is 8.95. The van der Waals surface area contributed by atoms with Gasteiger partial charge in [0.15, 0.2) is 6.23 Å². The highest BCUT2D eigenvalue weighted by Gasteiger charge is 2.43. The van der Waals surface area contributed by atoms with Crippen molar-refractivity contribution < 1.29 is 20.1 Å². The Morgan fingerprint density at radius 2 is 2.11 bits per heavy atom. The van der Waals surface area contributed by atoms with Gasteiger partial charge >= 0.3 is 5.69 Å². The largest absolute Gasteiger partial charge is 0.394 e. The van der Waals surface area contributed by atoms with Crippen LogP contribution in [-0.2, 0) is 4.74 Å². The van der Waals surface area contributed by atoms with Gasteiger partial charge in [0.05, 0.1) is 6.61 Å². The second-order valence-electron chi connectivity index (χ2n) is 4.60. The molecule has 3 N–H and O–H groups in total. The van der Waals surface area contributed by atoms with E-state index in [1.165, 1.54) is 6.20 Å². The summed E-state index contributed by atoms with van der Waals surface area (Å²) in [5.41, 5.74) is -0.596. The molecule has 8 heteroatoms. The topological polar surface area (TPSA) is 108 Å². The molecule has 1 aliphatic rings. The highest BCUT2D eigenvalue weighted by Crippen LogP contribution is 2.28. The van der Waals surface area contributed by atoms with Crippen molar-refractivity contribution in [1.82, 2.24) is 9.55 Å². The SMILES string of the molecule is CN(C)c1ccn([C@@H]2O[C@H](CO)[C@@H](O)[C@@H]2O)c(=O)n1. The van der Waals surface area contributed by atoms with E-state index in [1.807, 2.05) is 0 Å². The van der Waals surface area contributed by atoms with Gasteiger partial charge < -0.3 is 25.0 Å². The number of aromatic nitrogens is 2. The fraction of sp³-hybridized carbons (Fsp3) is 0.636. The molecular formula is C11H17N3O5. The summed E-state index contributed by atoms with van der Waals surface area (Å²) in [5.74, 6) is 0.480. The van der Waals surface area contributed by atoms with Gasteiger partial charge in [0.25, 0.3) is 0 Å². The van der Waals surface area contributed by atoms with Crippen LogP contribution in [0.1, 0.15) is 6.23 Å². The number of aliphatic hydroxyl groups is 3. The van der Waals surface area contributed by atoms with E-state index in [-0.39, 0.29) is 0 Å². The van der Waals surface area contributed by atoms with Gasteiger partial charge in [-0.05, 0) is 6.07 Å². The number of hydrogen-bond acceptors (Lipinski definition) is 7. The number of ether oxygens (including phenoxy) is 1. The minimum atomic E-state index is -1.29. The van der Waals surface area contributed by atoms with Crippen LogP contribution in [0.15, 0.2) is 17.1 Å². The normalized spacial score (nSPS) is 30.6. The molecule has 4 atom stereocenters. The van der Waals surface area contributed by atoms with Crippen LogP contribution in [0, 0.1) is 0 Å². The van der Waals surface area contributed by atoms with Crippen LogP contribution in [0.4, 0.5) is 5.82 Å². The van der Waals surface area contributed by atoms with E-state index in [2.05, 4.69) is 4.98 Å². The lowest BCUT2D eigenvalue weighted by atomic mass is 10.1. The molecule has 106 valence electrons. The van der Waals surface area contributed by atoms with Gasteiger partial charge in [0.2, 0.25) is 0 Å². The molecule has 0 aliphatic carbocycles. The molecule has 0 aromatic carbocycles. The minimum absolute atomic E-state index is 0.438. The maximum atomic E-state index is 11.9. The zero-order valence-electron chi connectivity index (χ0n) is 10.7. The lowest BCUT2D eigenvalue weighted by molar-refractivity contribution is -0.0549. The summed E-state index contributed by atoms with van der Waals surface area (Å²) in [5, 5.41) is 28.5. The van der Waals surface area contributed by atoms with E-state index >= 15 is 0 Å². The zero-order chi connectivity index (χ0) is 14.2. The molecule has 0 saturated carbocycles. The van der Waals surface area contributed by atoms with E-state index < -0.39 is 36.8 Å². The summed E-state index contributed by atoms with van der Waals surface area (Å²) in [4.78, 5) is 17.4. The first-order valence-electron chi connectivity index (χ1n) is 5.84. The first kappa shape index (κ1) is 13.9. The molecule has 1 aliphatic heterocycles. The fourth-order valence-electron chi connectivity index (χ4n) is 1.96. The monoisotopic (exact) mass is 271 g/mol. The van der Waals surface area contributed by atoms with Crippen molar-refractivity contribution in [2.45, 2.75) is 24.5 Å². The lowest BCUT2D eigenvalue weighted by Gasteiger charge is -2.18. The second-order valence-corrected chi connectivity index (χ2v) is 4.60. The molecule has 1 fully saturated rings. The fourth-order valence-corrected chi connectivity index (χ4v) is 1.96. The number of hydrogen-bond donors (Lipinski definition) is 3. The molecule has 0 unspecified atom stereocenters. The van der Waals surface area contributed by atoms with Crippen molar-refractivity contribution in [3.05, 3.63) is 22.7 Å². The molecule has 8 nitrogen and oxygen atoms in total. The Hall–Kier alpha value is -1.48. The third-order valence-corrected chi connectivity index (χ3v) is 3.06. The van der Waals surface area contributed by atoms with Crippen LogP contribution in [-0.4, -0.2) is 63.9 Å². The van der Waals surface area contributed by atoms with Crippen molar-refractivity contribution in [2.24, 2.45) is 0 Å². The van der Waals surface area contributed by atoms with Crippen molar-refractivity contribution in [2.75, 3.05) is 25.6 Å². The van der Waals surface area contributed by atoms with Crippen LogP contribution in [0.5, 0.6) is 0 Å². The van der Waals surface area contributed by atoms with Gasteiger partial charge in [-0.15, -0.1) is 0 Å². The van der Waals surface area contributed by atoms with Crippen LogP contribution in [0.3, 0.4) is 0 Å². The summed E-state index contributed by atoms with van der Waals surface area (Å²) in [6, 6.07) is 1.59. The maximum absolute atomic E-state index is 11.9. The highest BCUT2D eigenvalue weighted by atomic mass is 16.6. The second kappa shape index (κ2) is 5.25. The van der Waals surface area contributed by atoms with Crippen LogP contribution in [0.2, 0.25) is 0 Å². The average Bonchev–Trinajstić information content (AvgIpc) is 2.66. The Labute approximate surface area is 109 Å². The van der Waals surface area contributed by atoms with Crippen molar-refractivity contribution in [3.63, 3.8) is 0 Å². The Bertz CT molecular complexity index is 503. The van der Waals surface area contributed by atoms with E-state index in [0.717, 1.165) is 4.57 Å². The van der Waals surface area contributed by atoms with Gasteiger partial charge in [0, 0.05) is 20.3 Å². The van der Waals surface area contributed by atoms with Gasteiger partial charge in [-0.25, -0.2) is 4.79 Å². The summed E-state index contributed by atoms with van der Waals surface area (Å²) in [6.45, 7) is -0.438. The Balaban J connectivity index is 2.31. The summed E-state index contributed by atoms with van der Waals surface area (Å²) in [7, 11) is 3.50. The number of rotatable bonds is 3. The number of nitrogens with zero attached hydrogens (tertiary/aromatic N) is 3. The maximum Gasteiger partial charge on any atom is 0.351 e. The minimum Gasteiger partial charge on any atom is -0.394 e. The van der Waals surface area contributed by atoms with Gasteiger partial charge in [0.1, 0.15) is 24.1 Å². The molecule has 0 bridgehead atoms. The van der Waals surface area contributed by atoms with Crippen molar-refractivity contribution in [3.8, 4) is 0 Å². The number of aliphatic hydroxyl groups excluding tert-OH is 3. The predicted octanol–water partition coefficient (Wildman–Crippen LogP) is -2.08. The Kier molecular flexibility index (Phi) is 3.85. The Morgan fingerprint density at radius 1 is 1.42 bits per heavy atom. The van der Waals surface area contributed by atoms with Crippen LogP contribution in [0.25, 0.3) is 0 Å². The zero-order valence-corrected chi connectivity index (χ0v) is 10.7. The number of anilines is 1. The third kappa shape index (κ3) is 2.47. The van der Waals surface area contributed by atoms with Gasteiger partial charge in [-0.2, -0.15) is 4.98 Å². The highest BCUT2D eigenvalue weighted by molar-refractivity contribution is 5.33. The molecule has 1 aromatic heterocycles. The van der Waals surface area contributed by atoms with Gasteiger partial charge in [-0.3, -0.25) is 4.57 Å². The summed E-state index contributed by atoms with van der Waals surface area (Å²) in [6.07, 6.45) is -3.06. The molecule has 1 saturated heterocycles. The van der Waals surface area contributed by atoms with E-state index in [4.69, 9.17) is 9.84 Å². The molecular weight excluding hydrogens is 254 g/mol. The average molecular weight is 271 g/mol. The molecule has 2 heterocycles. The summed E-state index contributed by atoms with van der Waals surface area (Å²) < 4.78 is 6.36. The summed E-state index contributed by atoms with van der Waals surface area (Å²) >= 11 is 0. The van der Waals surface area contributed by atoms with E-state index in [9.17, 15) is 15.0 Å². The standard InChI is InChI=1S/C11H17N3O5/c1-13(2)7-3-4-14(11(18)12-7)10-9(17)8(16)6(5-15)19-10/h3-4,6,8-10,15-17H,5H2,1-2H3/t6-,8-,9+,10-/m1/s1. The molecule has 0 amide bonds. The van der Waals surface area contributed by atoms with Gasteiger partial charge in [-0.1, -0.05) is 0 Å². The third-order valence-electron chi connectivity index (χ3n) is 3.06. The predicted molar refractivity (Wildman–Crippen MR) is 65.8 cm³/mol. The quantitative estimate of drug-likeness (QED) is 0.579. The molecule has 1 aromatic rings. The molecule has 0 spiro atoms. The Morgan fingerprint density at radius 3 is 2.58 bits per heavy atom. The first-order valence-corrected chi connectivity index (χ1v) is 5.84. The van der Waals surface area contributed by atoms with Crippen molar-refractivity contribution in [1.29, 1.82) is 0 Å². The van der Waals surface area contributed by atoms with E-state index in [0.29, 0.717) is 5.82 Å². The van der Waals surface area contributed by atoms with E-state index in [1.54, 1.807) is 25.1 Å². The smallest absolute Gasteiger partial charge is 0.351 e. The van der Waals surface area contributed by atoms with Crippen LogP contribution >= 0.6 is 0 Å². The van der Waals surface area contributed by atoms with Crippen LogP contribution < -0.4 is 10.6 Å². The van der Waals surface area contributed by atoms with Crippen molar-refractivity contribution >= 4 is 5.82 Å². The molecule has 0 radical (unpaired) electrons. The molecule has 19 heavy (non-hydrogen) atoms. The molecule has 2 rings (SSSR count). The lowest BCUT2D eigenvalue weighted by Crippen LogP contribution is -2.36.